The summed E-state index contributed by atoms with van der Waals surface area (Å²) in [6.07, 6.45) is 2.60. The molecule has 1 atom stereocenters. The molecule has 0 amide bonds. The maximum Gasteiger partial charge on any atom is 0.333 e. The highest BCUT2D eigenvalue weighted by Crippen LogP contribution is 2.44. The van der Waals surface area contributed by atoms with Crippen molar-refractivity contribution in [1.82, 2.24) is 0 Å². The Balaban J connectivity index is 1.15. The molecule has 4 aromatic rings. The van der Waals surface area contributed by atoms with Crippen molar-refractivity contribution in [3.8, 4) is 0 Å². The first kappa shape index (κ1) is 22.8. The standard InChI is InChI=1S/C28H27NO3S2/c30-28(31)25(32-19-22-5-2-1-3-6-22)17-21-10-8-20(9-11-21)7-4-14-29-26-23(12-15-33-26)18-24-13-16-34-27(24)29/h1-3,5-6,8-13,15-16,25H,4,7,14,17-19H2,(H,30,31). The van der Waals surface area contributed by atoms with Gasteiger partial charge < -0.3 is 14.7 Å². The fraction of sp³-hybridized carbons (Fsp3) is 0.250. The van der Waals surface area contributed by atoms with E-state index in [1.165, 1.54) is 26.7 Å². The summed E-state index contributed by atoms with van der Waals surface area (Å²) in [6, 6.07) is 22.5. The smallest absolute Gasteiger partial charge is 0.333 e. The van der Waals surface area contributed by atoms with Gasteiger partial charge in [-0.3, -0.25) is 0 Å². The van der Waals surface area contributed by atoms with Crippen LogP contribution >= 0.6 is 22.7 Å². The minimum absolute atomic E-state index is 0.296. The van der Waals surface area contributed by atoms with Gasteiger partial charge in [-0.15, -0.1) is 22.7 Å². The molecule has 2 aromatic carbocycles. The predicted molar refractivity (Wildman–Crippen MR) is 140 cm³/mol. The molecule has 2 aromatic heterocycles. The summed E-state index contributed by atoms with van der Waals surface area (Å²) in [5.74, 6) is -0.928. The van der Waals surface area contributed by atoms with Gasteiger partial charge in [-0.1, -0.05) is 54.6 Å². The second kappa shape index (κ2) is 10.6. The number of hydrogen-bond donors (Lipinski definition) is 1. The lowest BCUT2D eigenvalue weighted by Gasteiger charge is -2.28. The fourth-order valence-electron chi connectivity index (χ4n) is 4.38. The maximum atomic E-state index is 11.7. The highest BCUT2D eigenvalue weighted by Gasteiger charge is 2.24. The number of thiophene rings is 2. The number of benzene rings is 2. The normalized spacial score (nSPS) is 13.4. The van der Waals surface area contributed by atoms with Gasteiger partial charge in [-0.05, 0) is 63.6 Å². The number of hydrogen-bond acceptors (Lipinski definition) is 5. The first-order valence-electron chi connectivity index (χ1n) is 11.5. The van der Waals surface area contributed by atoms with E-state index in [4.69, 9.17) is 4.74 Å². The third-order valence-electron chi connectivity index (χ3n) is 6.18. The van der Waals surface area contributed by atoms with Gasteiger partial charge >= 0.3 is 5.97 Å². The molecule has 4 nitrogen and oxygen atoms in total. The number of fused-ring (bicyclic) bond motifs is 2. The molecule has 34 heavy (non-hydrogen) atoms. The number of carbonyl (C=O) groups is 1. The highest BCUT2D eigenvalue weighted by molar-refractivity contribution is 7.17. The molecular weight excluding hydrogens is 462 g/mol. The summed E-state index contributed by atoms with van der Waals surface area (Å²) in [5, 5.41) is 16.8. The lowest BCUT2D eigenvalue weighted by Crippen LogP contribution is -2.26. The minimum atomic E-state index is -0.928. The van der Waals surface area contributed by atoms with Crippen molar-refractivity contribution in [2.24, 2.45) is 0 Å². The summed E-state index contributed by atoms with van der Waals surface area (Å²) in [6.45, 7) is 1.29. The molecule has 6 heteroatoms. The van der Waals surface area contributed by atoms with Crippen LogP contribution in [0.3, 0.4) is 0 Å². The Hall–Kier alpha value is -2.93. The fourth-order valence-corrected chi connectivity index (χ4v) is 6.37. The van der Waals surface area contributed by atoms with Crippen molar-refractivity contribution >= 4 is 38.6 Å². The zero-order valence-corrected chi connectivity index (χ0v) is 20.5. The van der Waals surface area contributed by atoms with Crippen molar-refractivity contribution in [3.05, 3.63) is 105 Å². The van der Waals surface area contributed by atoms with E-state index >= 15 is 0 Å². The molecule has 0 spiro atoms. The average Bonchev–Trinajstić information content (AvgIpc) is 3.52. The van der Waals surface area contributed by atoms with Crippen LogP contribution in [0.1, 0.15) is 34.2 Å². The number of carboxylic acids is 1. The van der Waals surface area contributed by atoms with Crippen LogP contribution in [-0.4, -0.2) is 23.7 Å². The molecule has 0 radical (unpaired) electrons. The second-order valence-corrected chi connectivity index (χ2v) is 10.4. The van der Waals surface area contributed by atoms with Crippen molar-refractivity contribution in [1.29, 1.82) is 0 Å². The van der Waals surface area contributed by atoms with Gasteiger partial charge in [-0.2, -0.15) is 0 Å². The summed E-state index contributed by atoms with van der Waals surface area (Å²) in [4.78, 5) is 14.2. The summed E-state index contributed by atoms with van der Waals surface area (Å²) < 4.78 is 5.70. The largest absolute Gasteiger partial charge is 0.479 e. The second-order valence-electron chi connectivity index (χ2n) is 8.58. The van der Waals surface area contributed by atoms with E-state index in [1.807, 2.05) is 65.1 Å². The summed E-state index contributed by atoms with van der Waals surface area (Å²) in [5.41, 5.74) is 6.09. The Kier molecular flexibility index (Phi) is 7.09. The molecule has 1 aliphatic heterocycles. The zero-order chi connectivity index (χ0) is 23.3. The summed E-state index contributed by atoms with van der Waals surface area (Å²) in [7, 11) is 0. The number of anilines is 2. The highest BCUT2D eigenvalue weighted by atomic mass is 32.1. The van der Waals surface area contributed by atoms with Crippen LogP contribution in [0.4, 0.5) is 10.0 Å². The van der Waals surface area contributed by atoms with Crippen molar-refractivity contribution in [3.63, 3.8) is 0 Å². The maximum absolute atomic E-state index is 11.7. The van der Waals surface area contributed by atoms with E-state index in [0.29, 0.717) is 13.0 Å². The Morgan fingerprint density at radius 3 is 2.18 bits per heavy atom. The molecule has 0 bridgehead atoms. The molecule has 1 unspecified atom stereocenters. The average molecular weight is 490 g/mol. The number of aliphatic carboxylic acids is 1. The predicted octanol–water partition coefficient (Wildman–Crippen LogP) is 6.70. The molecule has 1 aliphatic rings. The van der Waals surface area contributed by atoms with E-state index in [2.05, 4.69) is 39.9 Å². The van der Waals surface area contributed by atoms with Crippen molar-refractivity contribution < 1.29 is 14.6 Å². The van der Waals surface area contributed by atoms with Crippen LogP contribution in [0.25, 0.3) is 0 Å². The van der Waals surface area contributed by atoms with Gasteiger partial charge in [0.05, 0.1) is 16.6 Å². The quantitative estimate of drug-likeness (QED) is 0.269. The molecule has 0 aliphatic carbocycles. The van der Waals surface area contributed by atoms with Gasteiger partial charge in [0.2, 0.25) is 0 Å². The van der Waals surface area contributed by atoms with Gasteiger partial charge in [0.1, 0.15) is 0 Å². The third kappa shape index (κ3) is 5.25. The van der Waals surface area contributed by atoms with Crippen molar-refractivity contribution in [2.45, 2.75) is 38.4 Å². The SMILES string of the molecule is O=C(O)C(Cc1ccc(CCCN2c3sccc3Cc3ccsc32)cc1)OCc1ccccc1. The van der Waals surface area contributed by atoms with Crippen LogP contribution in [0.5, 0.6) is 0 Å². The molecule has 174 valence electrons. The van der Waals surface area contributed by atoms with Crippen molar-refractivity contribution in [2.75, 3.05) is 11.4 Å². The van der Waals surface area contributed by atoms with Crippen LogP contribution in [-0.2, 0) is 35.4 Å². The van der Waals surface area contributed by atoms with E-state index in [1.54, 1.807) is 0 Å². The molecule has 5 rings (SSSR count). The molecule has 3 heterocycles. The van der Waals surface area contributed by atoms with Crippen LogP contribution in [0.2, 0.25) is 0 Å². The third-order valence-corrected chi connectivity index (χ3v) is 8.14. The van der Waals surface area contributed by atoms with Gasteiger partial charge in [0.15, 0.2) is 6.10 Å². The van der Waals surface area contributed by atoms with E-state index in [9.17, 15) is 9.90 Å². The summed E-state index contributed by atoms with van der Waals surface area (Å²) >= 11 is 3.66. The number of rotatable bonds is 10. The monoisotopic (exact) mass is 489 g/mol. The van der Waals surface area contributed by atoms with Crippen LogP contribution in [0, 0.1) is 0 Å². The molecule has 0 saturated carbocycles. The van der Waals surface area contributed by atoms with E-state index in [0.717, 1.165) is 36.9 Å². The lowest BCUT2D eigenvalue weighted by molar-refractivity contribution is -0.151. The Morgan fingerprint density at radius 2 is 1.53 bits per heavy atom. The number of aryl methyl sites for hydroxylation is 1. The van der Waals surface area contributed by atoms with Crippen LogP contribution in [0.15, 0.2) is 77.5 Å². The van der Waals surface area contributed by atoms with E-state index in [-0.39, 0.29) is 0 Å². The van der Waals surface area contributed by atoms with Gasteiger partial charge in [0.25, 0.3) is 0 Å². The zero-order valence-electron chi connectivity index (χ0n) is 18.9. The Bertz CT molecular complexity index is 1190. The molecule has 0 fully saturated rings. The first-order valence-corrected chi connectivity index (χ1v) is 13.3. The Morgan fingerprint density at radius 1 is 0.882 bits per heavy atom. The van der Waals surface area contributed by atoms with Gasteiger partial charge in [0, 0.05) is 19.4 Å². The van der Waals surface area contributed by atoms with Gasteiger partial charge in [-0.25, -0.2) is 4.79 Å². The van der Waals surface area contributed by atoms with Crippen LogP contribution < -0.4 is 4.90 Å². The number of ether oxygens (including phenoxy) is 1. The topological polar surface area (TPSA) is 49.8 Å². The first-order chi connectivity index (χ1) is 16.7. The van der Waals surface area contributed by atoms with E-state index < -0.39 is 12.1 Å². The number of nitrogens with zero attached hydrogens (tertiary/aromatic N) is 1. The molecular formula is C28H27NO3S2. The molecule has 1 N–H and O–H groups in total. The lowest BCUT2D eigenvalue weighted by atomic mass is 10.0. The molecule has 0 saturated heterocycles. The number of carboxylic acid groups (broad SMARTS) is 1. The Labute approximate surface area is 208 Å². The minimum Gasteiger partial charge on any atom is -0.479 e.